The Morgan fingerprint density at radius 1 is 1.25 bits per heavy atom. The van der Waals surface area contributed by atoms with Gasteiger partial charge in [-0.25, -0.2) is 0 Å². The second kappa shape index (κ2) is 7.77. The van der Waals surface area contributed by atoms with E-state index in [-0.39, 0.29) is 11.9 Å². The number of benzene rings is 1. The van der Waals surface area contributed by atoms with Gasteiger partial charge in [-0.05, 0) is 44.2 Å². The Morgan fingerprint density at radius 2 is 1.96 bits per heavy atom. The lowest BCUT2D eigenvalue weighted by Gasteiger charge is -2.30. The smallest absolute Gasteiger partial charge is 0.322 e. The number of carbonyl (C=O) groups excluding carboxylic acids is 1. The highest BCUT2D eigenvalue weighted by Crippen LogP contribution is 2.23. The SMILES string of the molecule is CN(CC(=O)Nc1nnc(-c2ccc(Cl)cc2)o1)C1CCCCC1. The molecule has 0 saturated heterocycles. The first kappa shape index (κ1) is 16.9. The van der Waals surface area contributed by atoms with Gasteiger partial charge in [0.1, 0.15) is 0 Å². The van der Waals surface area contributed by atoms with Crippen molar-refractivity contribution in [1.82, 2.24) is 15.1 Å². The Kier molecular flexibility index (Phi) is 5.48. The summed E-state index contributed by atoms with van der Waals surface area (Å²) in [5.74, 6) is 0.206. The van der Waals surface area contributed by atoms with Crippen LogP contribution in [-0.2, 0) is 4.79 Å². The number of nitrogens with zero attached hydrogens (tertiary/aromatic N) is 3. The summed E-state index contributed by atoms with van der Waals surface area (Å²) >= 11 is 5.86. The molecule has 1 heterocycles. The molecule has 1 N–H and O–H groups in total. The number of likely N-dealkylation sites (N-methyl/N-ethyl adjacent to an activating group) is 1. The number of halogens is 1. The third-order valence-corrected chi connectivity index (χ3v) is 4.61. The van der Waals surface area contributed by atoms with Crippen molar-refractivity contribution < 1.29 is 9.21 Å². The summed E-state index contributed by atoms with van der Waals surface area (Å²) in [6.45, 7) is 0.323. The maximum atomic E-state index is 12.2. The predicted octanol–water partition coefficient (Wildman–Crippen LogP) is 3.59. The van der Waals surface area contributed by atoms with E-state index in [0.29, 0.717) is 23.5 Å². The fraction of sp³-hybridized carbons (Fsp3) is 0.471. The summed E-state index contributed by atoms with van der Waals surface area (Å²) in [5, 5.41) is 11.1. The van der Waals surface area contributed by atoms with Gasteiger partial charge in [-0.15, -0.1) is 5.10 Å². The molecule has 0 bridgehead atoms. The number of hydrogen-bond acceptors (Lipinski definition) is 5. The van der Waals surface area contributed by atoms with E-state index in [0.717, 1.165) is 18.4 Å². The lowest BCUT2D eigenvalue weighted by molar-refractivity contribution is -0.117. The van der Waals surface area contributed by atoms with Crippen molar-refractivity contribution in [3.63, 3.8) is 0 Å². The molecule has 7 heteroatoms. The maximum absolute atomic E-state index is 12.2. The quantitative estimate of drug-likeness (QED) is 0.894. The molecule has 1 saturated carbocycles. The average molecular weight is 349 g/mol. The molecule has 1 aromatic heterocycles. The average Bonchev–Trinajstić information content (AvgIpc) is 3.04. The molecule has 0 spiro atoms. The molecule has 0 aliphatic heterocycles. The van der Waals surface area contributed by atoms with E-state index in [2.05, 4.69) is 20.4 Å². The Balaban J connectivity index is 1.56. The lowest BCUT2D eigenvalue weighted by atomic mass is 9.94. The fourth-order valence-electron chi connectivity index (χ4n) is 3.02. The molecule has 2 aromatic rings. The molecule has 1 aromatic carbocycles. The molecular formula is C17H21ClN4O2. The first-order valence-corrected chi connectivity index (χ1v) is 8.59. The first-order chi connectivity index (χ1) is 11.6. The van der Waals surface area contributed by atoms with Gasteiger partial charge < -0.3 is 4.42 Å². The van der Waals surface area contributed by atoms with Gasteiger partial charge in [0.05, 0.1) is 6.54 Å². The van der Waals surface area contributed by atoms with Gasteiger partial charge in [0, 0.05) is 16.6 Å². The molecule has 128 valence electrons. The Bertz CT molecular complexity index is 680. The summed E-state index contributed by atoms with van der Waals surface area (Å²) in [6, 6.07) is 7.67. The predicted molar refractivity (Wildman–Crippen MR) is 92.9 cm³/mol. The van der Waals surface area contributed by atoms with Crippen LogP contribution in [-0.4, -0.2) is 40.6 Å². The molecule has 3 rings (SSSR count). The number of amides is 1. The largest absolute Gasteiger partial charge is 0.403 e. The molecule has 1 aliphatic carbocycles. The van der Waals surface area contributed by atoms with Crippen LogP contribution in [0.5, 0.6) is 0 Å². The van der Waals surface area contributed by atoms with E-state index in [4.69, 9.17) is 16.0 Å². The summed E-state index contributed by atoms with van der Waals surface area (Å²) in [6.07, 6.45) is 6.09. The van der Waals surface area contributed by atoms with Crippen LogP contribution in [0.3, 0.4) is 0 Å². The zero-order valence-electron chi connectivity index (χ0n) is 13.7. The summed E-state index contributed by atoms with van der Waals surface area (Å²) in [5.41, 5.74) is 0.756. The minimum Gasteiger partial charge on any atom is -0.403 e. The molecule has 1 amide bonds. The summed E-state index contributed by atoms with van der Waals surface area (Å²) in [4.78, 5) is 14.3. The van der Waals surface area contributed by atoms with Gasteiger partial charge in [0.15, 0.2) is 0 Å². The molecule has 0 radical (unpaired) electrons. The van der Waals surface area contributed by atoms with Crippen LogP contribution in [0.1, 0.15) is 32.1 Å². The zero-order valence-corrected chi connectivity index (χ0v) is 14.4. The van der Waals surface area contributed by atoms with Crippen LogP contribution in [0.2, 0.25) is 5.02 Å². The molecule has 1 fully saturated rings. The third-order valence-electron chi connectivity index (χ3n) is 4.35. The van der Waals surface area contributed by atoms with Gasteiger partial charge in [0.25, 0.3) is 0 Å². The Hall–Kier alpha value is -1.92. The monoisotopic (exact) mass is 348 g/mol. The van der Waals surface area contributed by atoms with Crippen molar-refractivity contribution in [2.45, 2.75) is 38.1 Å². The molecular weight excluding hydrogens is 328 g/mol. The fourth-order valence-corrected chi connectivity index (χ4v) is 3.15. The van der Waals surface area contributed by atoms with E-state index < -0.39 is 0 Å². The number of nitrogens with one attached hydrogen (secondary N) is 1. The lowest BCUT2D eigenvalue weighted by Crippen LogP contribution is -2.39. The standard InChI is InChI=1S/C17H21ClN4O2/c1-22(14-5-3-2-4-6-14)11-15(23)19-17-21-20-16(24-17)12-7-9-13(18)10-8-12/h7-10,14H,2-6,11H2,1H3,(H,19,21,23). The van der Waals surface area contributed by atoms with Crippen molar-refractivity contribution in [3.8, 4) is 11.5 Å². The number of aromatic nitrogens is 2. The van der Waals surface area contributed by atoms with Gasteiger partial charge in [0.2, 0.25) is 11.8 Å². The second-order valence-corrected chi connectivity index (χ2v) is 6.61. The van der Waals surface area contributed by atoms with Crippen LogP contribution in [0.25, 0.3) is 11.5 Å². The molecule has 24 heavy (non-hydrogen) atoms. The third kappa shape index (κ3) is 4.33. The second-order valence-electron chi connectivity index (χ2n) is 6.17. The normalized spacial score (nSPS) is 15.6. The van der Waals surface area contributed by atoms with Crippen molar-refractivity contribution in [1.29, 1.82) is 0 Å². The van der Waals surface area contributed by atoms with Gasteiger partial charge in [-0.2, -0.15) is 0 Å². The number of carbonyl (C=O) groups is 1. The first-order valence-electron chi connectivity index (χ1n) is 8.21. The van der Waals surface area contributed by atoms with Gasteiger partial charge in [-0.3, -0.25) is 15.0 Å². The van der Waals surface area contributed by atoms with Crippen molar-refractivity contribution in [2.24, 2.45) is 0 Å². The number of anilines is 1. The Morgan fingerprint density at radius 3 is 2.67 bits per heavy atom. The van der Waals surface area contributed by atoms with Crippen molar-refractivity contribution >= 4 is 23.5 Å². The molecule has 0 unspecified atom stereocenters. The highest BCUT2D eigenvalue weighted by molar-refractivity contribution is 6.30. The van der Waals surface area contributed by atoms with E-state index in [1.165, 1.54) is 19.3 Å². The van der Waals surface area contributed by atoms with Crippen LogP contribution in [0.4, 0.5) is 6.01 Å². The van der Waals surface area contributed by atoms with Crippen LogP contribution < -0.4 is 5.32 Å². The maximum Gasteiger partial charge on any atom is 0.322 e. The number of hydrogen-bond donors (Lipinski definition) is 1. The molecule has 0 atom stereocenters. The molecule has 1 aliphatic rings. The van der Waals surface area contributed by atoms with E-state index >= 15 is 0 Å². The Labute approximate surface area is 146 Å². The summed E-state index contributed by atoms with van der Waals surface area (Å²) in [7, 11) is 1.99. The molecule has 6 nitrogen and oxygen atoms in total. The minimum absolute atomic E-state index is 0.113. The van der Waals surface area contributed by atoms with E-state index in [1.54, 1.807) is 24.3 Å². The van der Waals surface area contributed by atoms with Crippen LogP contribution in [0.15, 0.2) is 28.7 Å². The topological polar surface area (TPSA) is 71.3 Å². The van der Waals surface area contributed by atoms with E-state index in [9.17, 15) is 4.79 Å². The minimum atomic E-state index is -0.144. The number of rotatable bonds is 5. The van der Waals surface area contributed by atoms with E-state index in [1.807, 2.05) is 7.05 Å². The van der Waals surface area contributed by atoms with Crippen molar-refractivity contribution in [3.05, 3.63) is 29.3 Å². The zero-order chi connectivity index (χ0) is 16.9. The van der Waals surface area contributed by atoms with Crippen molar-refractivity contribution in [2.75, 3.05) is 18.9 Å². The summed E-state index contributed by atoms with van der Waals surface area (Å²) < 4.78 is 5.49. The van der Waals surface area contributed by atoms with Gasteiger partial charge in [-0.1, -0.05) is 36.0 Å². The highest BCUT2D eigenvalue weighted by atomic mass is 35.5. The highest BCUT2D eigenvalue weighted by Gasteiger charge is 2.20. The van der Waals surface area contributed by atoms with Crippen LogP contribution in [0, 0.1) is 0 Å². The van der Waals surface area contributed by atoms with Gasteiger partial charge >= 0.3 is 6.01 Å². The van der Waals surface area contributed by atoms with Crippen LogP contribution >= 0.6 is 11.6 Å².